The number of ether oxygens (including phenoxy) is 3. The third-order valence-corrected chi connectivity index (χ3v) is 3.67. The summed E-state index contributed by atoms with van der Waals surface area (Å²) >= 11 is 0. The van der Waals surface area contributed by atoms with E-state index in [4.69, 9.17) is 14.2 Å². The van der Waals surface area contributed by atoms with Crippen molar-refractivity contribution in [3.8, 4) is 0 Å². The maximum Gasteiger partial charge on any atom is 0.0701 e. The zero-order chi connectivity index (χ0) is 13.8. The van der Waals surface area contributed by atoms with Gasteiger partial charge in [0.05, 0.1) is 26.4 Å². The lowest BCUT2D eigenvalue weighted by Crippen LogP contribution is -2.21. The van der Waals surface area contributed by atoms with Crippen LogP contribution in [-0.2, 0) is 14.2 Å². The Morgan fingerprint density at radius 2 is 1.47 bits per heavy atom. The van der Waals surface area contributed by atoms with E-state index in [0.29, 0.717) is 31.8 Å². The third kappa shape index (κ3) is 8.58. The van der Waals surface area contributed by atoms with Crippen molar-refractivity contribution in [3.63, 3.8) is 0 Å². The third-order valence-electron chi connectivity index (χ3n) is 3.67. The number of hydrogen-bond acceptors (Lipinski definition) is 4. The Morgan fingerprint density at radius 1 is 0.895 bits per heavy atom. The summed E-state index contributed by atoms with van der Waals surface area (Å²) in [5.41, 5.74) is 0.544. The van der Waals surface area contributed by atoms with Gasteiger partial charge in [-0.15, -0.1) is 0 Å². The Balaban J connectivity index is 1.74. The monoisotopic (exact) mass is 273 g/mol. The largest absolute Gasteiger partial charge is 0.379 e. The van der Waals surface area contributed by atoms with Crippen LogP contribution in [0.4, 0.5) is 0 Å². The molecule has 0 aromatic carbocycles. The van der Waals surface area contributed by atoms with E-state index < -0.39 is 0 Å². The Morgan fingerprint density at radius 3 is 2.00 bits per heavy atom. The number of unbranched alkanes of at least 4 members (excludes halogenated alkanes) is 1. The summed E-state index contributed by atoms with van der Waals surface area (Å²) in [6, 6.07) is 0. The molecule has 0 radical (unpaired) electrons. The normalized spacial score (nSPS) is 16.7. The number of nitrogens with one attached hydrogen (secondary N) is 1. The van der Waals surface area contributed by atoms with Gasteiger partial charge >= 0.3 is 0 Å². The highest BCUT2D eigenvalue weighted by Crippen LogP contribution is 2.47. The van der Waals surface area contributed by atoms with Crippen LogP contribution in [0, 0.1) is 5.41 Å². The second-order valence-corrected chi connectivity index (χ2v) is 5.47. The molecule has 1 aliphatic carbocycles. The minimum atomic E-state index is 0.544. The molecule has 0 atom stereocenters. The summed E-state index contributed by atoms with van der Waals surface area (Å²) in [5.74, 6) is 0. The Kier molecular flexibility index (Phi) is 9.43. The zero-order valence-electron chi connectivity index (χ0n) is 12.7. The van der Waals surface area contributed by atoms with Crippen LogP contribution in [0.5, 0.6) is 0 Å². The molecule has 4 nitrogen and oxygen atoms in total. The van der Waals surface area contributed by atoms with Crippen molar-refractivity contribution in [2.24, 2.45) is 5.41 Å². The van der Waals surface area contributed by atoms with Crippen LogP contribution in [0.1, 0.15) is 39.0 Å². The van der Waals surface area contributed by atoms with E-state index >= 15 is 0 Å². The van der Waals surface area contributed by atoms with Crippen LogP contribution in [-0.4, -0.2) is 53.2 Å². The summed E-state index contributed by atoms with van der Waals surface area (Å²) in [5, 5.41) is 3.27. The van der Waals surface area contributed by atoms with Gasteiger partial charge in [0, 0.05) is 19.8 Å². The average Bonchev–Trinajstić information content (AvgIpc) is 3.16. The van der Waals surface area contributed by atoms with Crippen LogP contribution < -0.4 is 5.32 Å². The minimum Gasteiger partial charge on any atom is -0.379 e. The molecule has 19 heavy (non-hydrogen) atoms. The predicted octanol–water partition coefficient (Wildman–Crippen LogP) is 2.23. The fourth-order valence-corrected chi connectivity index (χ4v) is 2.14. The standard InChI is InChI=1S/C15H31NO3/c1-3-4-8-17-10-12-19-13-11-18-9-7-15(5-6-15)14-16-2/h16H,3-14H2,1-2H3. The van der Waals surface area contributed by atoms with Gasteiger partial charge in [-0.05, 0) is 38.1 Å². The maximum atomic E-state index is 5.61. The molecule has 0 aromatic heterocycles. The first-order chi connectivity index (χ1) is 9.33. The lowest BCUT2D eigenvalue weighted by molar-refractivity contribution is 0.0113. The Labute approximate surface area is 118 Å². The molecule has 0 saturated heterocycles. The van der Waals surface area contributed by atoms with E-state index in [1.54, 1.807) is 0 Å². The highest BCUT2D eigenvalue weighted by atomic mass is 16.5. The van der Waals surface area contributed by atoms with Crippen molar-refractivity contribution < 1.29 is 14.2 Å². The molecular formula is C15H31NO3. The van der Waals surface area contributed by atoms with Crippen LogP contribution in [0.25, 0.3) is 0 Å². The zero-order valence-corrected chi connectivity index (χ0v) is 12.7. The minimum absolute atomic E-state index is 0.544. The van der Waals surface area contributed by atoms with Crippen molar-refractivity contribution in [1.82, 2.24) is 5.32 Å². The van der Waals surface area contributed by atoms with Gasteiger partial charge in [0.25, 0.3) is 0 Å². The second-order valence-electron chi connectivity index (χ2n) is 5.47. The first kappa shape index (κ1) is 16.9. The van der Waals surface area contributed by atoms with Crippen molar-refractivity contribution in [1.29, 1.82) is 0 Å². The quantitative estimate of drug-likeness (QED) is 0.493. The van der Waals surface area contributed by atoms with Gasteiger partial charge in [-0.1, -0.05) is 13.3 Å². The van der Waals surface area contributed by atoms with E-state index in [-0.39, 0.29) is 0 Å². The molecule has 0 bridgehead atoms. The lowest BCUT2D eigenvalue weighted by atomic mass is 10.0. The molecule has 0 spiro atoms. The topological polar surface area (TPSA) is 39.7 Å². The molecule has 1 N–H and O–H groups in total. The van der Waals surface area contributed by atoms with Gasteiger partial charge in [-0.25, -0.2) is 0 Å². The highest BCUT2D eigenvalue weighted by Gasteiger charge is 2.41. The Hall–Kier alpha value is -0.160. The molecule has 1 rings (SSSR count). The molecule has 114 valence electrons. The van der Waals surface area contributed by atoms with Crippen LogP contribution in [0.2, 0.25) is 0 Å². The summed E-state index contributed by atoms with van der Waals surface area (Å²) in [7, 11) is 2.03. The average molecular weight is 273 g/mol. The van der Waals surface area contributed by atoms with E-state index in [9.17, 15) is 0 Å². The van der Waals surface area contributed by atoms with E-state index in [2.05, 4.69) is 12.2 Å². The van der Waals surface area contributed by atoms with Crippen molar-refractivity contribution in [3.05, 3.63) is 0 Å². The van der Waals surface area contributed by atoms with Crippen molar-refractivity contribution in [2.75, 3.05) is 53.2 Å². The number of rotatable bonds is 14. The molecule has 1 fully saturated rings. The number of hydrogen-bond donors (Lipinski definition) is 1. The highest BCUT2D eigenvalue weighted by molar-refractivity contribution is 4.94. The molecular weight excluding hydrogens is 242 g/mol. The molecule has 0 heterocycles. The lowest BCUT2D eigenvalue weighted by Gasteiger charge is -2.14. The van der Waals surface area contributed by atoms with Crippen molar-refractivity contribution in [2.45, 2.75) is 39.0 Å². The van der Waals surface area contributed by atoms with Crippen LogP contribution >= 0.6 is 0 Å². The first-order valence-corrected chi connectivity index (χ1v) is 7.71. The maximum absolute atomic E-state index is 5.61. The fourth-order valence-electron chi connectivity index (χ4n) is 2.14. The first-order valence-electron chi connectivity index (χ1n) is 7.71. The summed E-state index contributed by atoms with van der Waals surface area (Å²) in [4.78, 5) is 0. The summed E-state index contributed by atoms with van der Waals surface area (Å²) in [6.07, 6.45) is 6.20. The molecule has 4 heteroatoms. The van der Waals surface area contributed by atoms with Crippen LogP contribution in [0.3, 0.4) is 0 Å². The summed E-state index contributed by atoms with van der Waals surface area (Å²) < 4.78 is 16.5. The van der Waals surface area contributed by atoms with Gasteiger partial charge in [-0.3, -0.25) is 0 Å². The molecule has 0 aliphatic heterocycles. The predicted molar refractivity (Wildman–Crippen MR) is 77.6 cm³/mol. The van der Waals surface area contributed by atoms with E-state index in [1.807, 2.05) is 7.05 Å². The van der Waals surface area contributed by atoms with Gasteiger partial charge in [0.2, 0.25) is 0 Å². The van der Waals surface area contributed by atoms with Gasteiger partial charge < -0.3 is 19.5 Å². The smallest absolute Gasteiger partial charge is 0.0701 e. The summed E-state index contributed by atoms with van der Waals surface area (Å²) in [6.45, 7) is 7.76. The fraction of sp³-hybridized carbons (Fsp3) is 1.00. The molecule has 0 amide bonds. The molecule has 0 aromatic rings. The van der Waals surface area contributed by atoms with Crippen LogP contribution in [0.15, 0.2) is 0 Å². The van der Waals surface area contributed by atoms with Gasteiger partial charge in [0.15, 0.2) is 0 Å². The van der Waals surface area contributed by atoms with Gasteiger partial charge in [0.1, 0.15) is 0 Å². The van der Waals surface area contributed by atoms with Crippen molar-refractivity contribution >= 4 is 0 Å². The second kappa shape index (κ2) is 10.6. The Bertz CT molecular complexity index is 208. The SMILES string of the molecule is CCCCOCCOCCOCCC1(CNC)CC1. The molecule has 1 saturated carbocycles. The molecule has 0 unspecified atom stereocenters. The molecule has 1 aliphatic rings. The van der Waals surface area contributed by atoms with E-state index in [1.165, 1.54) is 25.7 Å². The van der Waals surface area contributed by atoms with Gasteiger partial charge in [-0.2, -0.15) is 0 Å². The van der Waals surface area contributed by atoms with E-state index in [0.717, 1.165) is 26.2 Å².